The van der Waals surface area contributed by atoms with Gasteiger partial charge < -0.3 is 10.0 Å². The van der Waals surface area contributed by atoms with Crippen LogP contribution in [0.3, 0.4) is 0 Å². The molecule has 104 valence electrons. The maximum atomic E-state index is 10.8. The Kier molecular flexibility index (Phi) is 4.59. The first-order chi connectivity index (χ1) is 9.06. The normalized spacial score (nSPS) is 17.8. The highest BCUT2D eigenvalue weighted by Crippen LogP contribution is 2.28. The fraction of sp³-hybridized carbons (Fsp3) is 0.562. The zero-order chi connectivity index (χ0) is 13.8. The molecule has 1 saturated heterocycles. The molecule has 0 atom stereocenters. The first-order valence-electron chi connectivity index (χ1n) is 7.12. The summed E-state index contributed by atoms with van der Waals surface area (Å²) in [7, 11) is 0. The first-order valence-corrected chi connectivity index (χ1v) is 7.12. The predicted octanol–water partition coefficient (Wildman–Crippen LogP) is 3.22. The molecule has 2 rings (SSSR count). The van der Waals surface area contributed by atoms with Crippen molar-refractivity contribution < 1.29 is 9.90 Å². The number of nitrogens with zero attached hydrogens (tertiary/aromatic N) is 1. The van der Waals surface area contributed by atoms with Crippen LogP contribution >= 0.6 is 0 Å². The number of aromatic carboxylic acids is 1. The maximum absolute atomic E-state index is 10.8. The van der Waals surface area contributed by atoms with Crippen molar-refractivity contribution in [2.45, 2.75) is 32.6 Å². The lowest BCUT2D eigenvalue weighted by molar-refractivity contribution is 0.0697. The van der Waals surface area contributed by atoms with Crippen molar-refractivity contribution in [1.82, 2.24) is 4.90 Å². The summed E-state index contributed by atoms with van der Waals surface area (Å²) in [5, 5.41) is 8.90. The second-order valence-electron chi connectivity index (χ2n) is 5.90. The Morgan fingerprint density at radius 3 is 2.32 bits per heavy atom. The van der Waals surface area contributed by atoms with Gasteiger partial charge in [-0.1, -0.05) is 26.0 Å². The van der Waals surface area contributed by atoms with Crippen LogP contribution in [0.4, 0.5) is 0 Å². The Hall–Kier alpha value is -1.35. The third kappa shape index (κ3) is 3.80. The van der Waals surface area contributed by atoms with Gasteiger partial charge in [0.2, 0.25) is 0 Å². The number of piperidine rings is 1. The molecule has 19 heavy (non-hydrogen) atoms. The van der Waals surface area contributed by atoms with Gasteiger partial charge in [0.05, 0.1) is 5.56 Å². The lowest BCUT2D eigenvalue weighted by Crippen LogP contribution is -2.35. The average molecular weight is 261 g/mol. The van der Waals surface area contributed by atoms with Gasteiger partial charge in [-0.2, -0.15) is 0 Å². The molecule has 0 radical (unpaired) electrons. The van der Waals surface area contributed by atoms with Crippen LogP contribution in [-0.4, -0.2) is 35.6 Å². The molecule has 0 bridgehead atoms. The SMILES string of the molecule is CC(C)CN1CCC(c2ccc(C(=O)O)cc2)CC1. The van der Waals surface area contributed by atoms with E-state index in [1.165, 1.54) is 24.9 Å². The topological polar surface area (TPSA) is 40.5 Å². The summed E-state index contributed by atoms with van der Waals surface area (Å²) in [5.41, 5.74) is 1.66. The molecule has 0 amide bonds. The number of likely N-dealkylation sites (tertiary alicyclic amines) is 1. The minimum atomic E-state index is -0.849. The lowest BCUT2D eigenvalue weighted by Gasteiger charge is -2.33. The lowest BCUT2D eigenvalue weighted by atomic mass is 9.89. The highest BCUT2D eigenvalue weighted by Gasteiger charge is 2.21. The van der Waals surface area contributed by atoms with E-state index in [2.05, 4.69) is 18.7 Å². The van der Waals surface area contributed by atoms with Crippen LogP contribution in [0.25, 0.3) is 0 Å². The summed E-state index contributed by atoms with van der Waals surface area (Å²) in [5.74, 6) is 0.468. The van der Waals surface area contributed by atoms with Gasteiger partial charge in [-0.3, -0.25) is 0 Å². The van der Waals surface area contributed by atoms with Gasteiger partial charge in [-0.05, 0) is 55.5 Å². The van der Waals surface area contributed by atoms with Crippen LogP contribution in [0.2, 0.25) is 0 Å². The van der Waals surface area contributed by atoms with Crippen molar-refractivity contribution in [3.05, 3.63) is 35.4 Å². The van der Waals surface area contributed by atoms with Gasteiger partial charge in [0.25, 0.3) is 0 Å². The van der Waals surface area contributed by atoms with Crippen molar-refractivity contribution in [1.29, 1.82) is 0 Å². The monoisotopic (exact) mass is 261 g/mol. The van der Waals surface area contributed by atoms with Crippen molar-refractivity contribution in [2.24, 2.45) is 5.92 Å². The molecule has 1 heterocycles. The molecule has 1 N–H and O–H groups in total. The van der Waals surface area contributed by atoms with E-state index in [0.717, 1.165) is 19.0 Å². The van der Waals surface area contributed by atoms with E-state index in [1.807, 2.05) is 12.1 Å². The first kappa shape index (κ1) is 14.1. The van der Waals surface area contributed by atoms with Gasteiger partial charge >= 0.3 is 5.97 Å². The quantitative estimate of drug-likeness (QED) is 0.904. The van der Waals surface area contributed by atoms with Crippen molar-refractivity contribution in [2.75, 3.05) is 19.6 Å². The largest absolute Gasteiger partial charge is 0.478 e. The second kappa shape index (κ2) is 6.20. The van der Waals surface area contributed by atoms with Gasteiger partial charge in [-0.15, -0.1) is 0 Å². The van der Waals surface area contributed by atoms with E-state index in [0.29, 0.717) is 11.5 Å². The van der Waals surface area contributed by atoms with Crippen molar-refractivity contribution in [3.8, 4) is 0 Å². The van der Waals surface area contributed by atoms with E-state index in [9.17, 15) is 4.79 Å². The van der Waals surface area contributed by atoms with Crippen molar-refractivity contribution >= 4 is 5.97 Å². The summed E-state index contributed by atoms with van der Waals surface area (Å²) in [6, 6.07) is 7.40. The average Bonchev–Trinajstić information content (AvgIpc) is 2.39. The standard InChI is InChI=1S/C16H23NO2/c1-12(2)11-17-9-7-14(8-10-17)13-3-5-15(6-4-13)16(18)19/h3-6,12,14H,7-11H2,1-2H3,(H,18,19). The molecule has 0 aromatic heterocycles. The molecule has 3 nitrogen and oxygen atoms in total. The Balaban J connectivity index is 1.92. The van der Waals surface area contributed by atoms with E-state index in [-0.39, 0.29) is 0 Å². The highest BCUT2D eigenvalue weighted by molar-refractivity contribution is 5.87. The molecule has 0 saturated carbocycles. The summed E-state index contributed by atoms with van der Waals surface area (Å²) >= 11 is 0. The van der Waals surface area contributed by atoms with E-state index < -0.39 is 5.97 Å². The van der Waals surface area contributed by atoms with Gasteiger partial charge in [0, 0.05) is 6.54 Å². The van der Waals surface area contributed by atoms with Gasteiger partial charge in [0.15, 0.2) is 0 Å². The maximum Gasteiger partial charge on any atom is 0.335 e. The number of benzene rings is 1. The Bertz CT molecular complexity index is 417. The number of carboxylic acids is 1. The van der Waals surface area contributed by atoms with Crippen LogP contribution < -0.4 is 0 Å². The molecular formula is C16H23NO2. The smallest absolute Gasteiger partial charge is 0.335 e. The minimum Gasteiger partial charge on any atom is -0.478 e. The zero-order valence-electron chi connectivity index (χ0n) is 11.8. The van der Waals surface area contributed by atoms with Crippen LogP contribution in [0.15, 0.2) is 24.3 Å². The molecule has 1 aliphatic heterocycles. The fourth-order valence-electron chi connectivity index (χ4n) is 2.86. The Morgan fingerprint density at radius 2 is 1.84 bits per heavy atom. The van der Waals surface area contributed by atoms with Crippen molar-refractivity contribution in [3.63, 3.8) is 0 Å². The number of carboxylic acid groups (broad SMARTS) is 1. The molecule has 0 unspecified atom stereocenters. The molecule has 0 aliphatic carbocycles. The molecular weight excluding hydrogens is 238 g/mol. The Labute approximate surface area is 115 Å². The summed E-state index contributed by atoms with van der Waals surface area (Å²) in [4.78, 5) is 13.4. The van der Waals surface area contributed by atoms with E-state index >= 15 is 0 Å². The zero-order valence-corrected chi connectivity index (χ0v) is 11.8. The molecule has 1 aromatic carbocycles. The summed E-state index contributed by atoms with van der Waals surface area (Å²) in [6.45, 7) is 8.02. The third-order valence-corrected chi connectivity index (χ3v) is 3.84. The fourth-order valence-corrected chi connectivity index (χ4v) is 2.86. The van der Waals surface area contributed by atoms with Gasteiger partial charge in [-0.25, -0.2) is 4.79 Å². The minimum absolute atomic E-state index is 0.376. The molecule has 1 fully saturated rings. The molecule has 3 heteroatoms. The van der Waals surface area contributed by atoms with Crippen LogP contribution in [0.5, 0.6) is 0 Å². The summed E-state index contributed by atoms with van der Waals surface area (Å²) in [6.07, 6.45) is 2.36. The van der Waals surface area contributed by atoms with Crippen LogP contribution in [0, 0.1) is 5.92 Å². The third-order valence-electron chi connectivity index (χ3n) is 3.84. The summed E-state index contributed by atoms with van der Waals surface area (Å²) < 4.78 is 0. The number of carbonyl (C=O) groups is 1. The second-order valence-corrected chi connectivity index (χ2v) is 5.90. The number of rotatable bonds is 4. The number of hydrogen-bond donors (Lipinski definition) is 1. The Morgan fingerprint density at radius 1 is 1.26 bits per heavy atom. The predicted molar refractivity (Wildman–Crippen MR) is 76.7 cm³/mol. The van der Waals surface area contributed by atoms with Crippen LogP contribution in [-0.2, 0) is 0 Å². The number of hydrogen-bond acceptors (Lipinski definition) is 2. The highest BCUT2D eigenvalue weighted by atomic mass is 16.4. The van der Waals surface area contributed by atoms with E-state index in [1.54, 1.807) is 12.1 Å². The van der Waals surface area contributed by atoms with Gasteiger partial charge in [0.1, 0.15) is 0 Å². The molecule has 1 aliphatic rings. The molecule has 1 aromatic rings. The molecule has 0 spiro atoms. The van der Waals surface area contributed by atoms with Crippen LogP contribution in [0.1, 0.15) is 48.5 Å². The van der Waals surface area contributed by atoms with E-state index in [4.69, 9.17) is 5.11 Å².